The normalized spacial score (nSPS) is 16.0. The molecule has 0 bridgehead atoms. The summed E-state index contributed by atoms with van der Waals surface area (Å²) in [6, 6.07) is 4.26. The van der Waals surface area contributed by atoms with Crippen molar-refractivity contribution >= 4 is 28.4 Å². The molecule has 0 aliphatic carbocycles. The molecule has 0 atom stereocenters. The lowest BCUT2D eigenvalue weighted by Crippen LogP contribution is -2.29. The lowest BCUT2D eigenvalue weighted by Gasteiger charge is -2.26. The minimum atomic E-state index is 0.841. The molecular weight excluding hydrogens is 390 g/mol. The van der Waals surface area contributed by atoms with Gasteiger partial charge in [0.05, 0.1) is 5.69 Å². The van der Waals surface area contributed by atoms with Crippen molar-refractivity contribution < 1.29 is 0 Å². The van der Waals surface area contributed by atoms with Gasteiger partial charge in [-0.3, -0.25) is 4.90 Å². The van der Waals surface area contributed by atoms with Crippen LogP contribution in [-0.4, -0.2) is 28.0 Å². The fourth-order valence-electron chi connectivity index (χ4n) is 3.64. The van der Waals surface area contributed by atoms with Crippen molar-refractivity contribution in [2.75, 3.05) is 18.4 Å². The van der Waals surface area contributed by atoms with Crippen LogP contribution in [0.5, 0.6) is 0 Å². The van der Waals surface area contributed by atoms with E-state index in [-0.39, 0.29) is 0 Å². The molecule has 0 unspecified atom stereocenters. The second kappa shape index (κ2) is 11.7. The Kier molecular flexibility index (Phi) is 8.66. The molecule has 1 fully saturated rings. The predicted molar refractivity (Wildman–Crippen MR) is 129 cm³/mol. The number of nitrogens with two attached hydrogens (primary N) is 1. The summed E-state index contributed by atoms with van der Waals surface area (Å²) in [6.07, 6.45) is 17.5. The highest BCUT2D eigenvalue weighted by Gasteiger charge is 2.12. The zero-order valence-corrected chi connectivity index (χ0v) is 18.9. The number of likely N-dealkylation sites (tertiary alicyclic amines) is 1. The average Bonchev–Trinajstić information content (AvgIpc) is 3.15. The molecule has 2 aromatic rings. The van der Waals surface area contributed by atoms with Crippen molar-refractivity contribution in [3.63, 3.8) is 0 Å². The number of piperidine rings is 1. The number of aromatic nitrogens is 2. The highest BCUT2D eigenvalue weighted by Crippen LogP contribution is 2.27. The Bertz CT molecular complexity index is 891. The second-order valence-corrected chi connectivity index (χ2v) is 8.60. The van der Waals surface area contributed by atoms with Gasteiger partial charge in [-0.25, -0.2) is 9.97 Å². The molecule has 3 rings (SSSR count). The number of hydrogen-bond donors (Lipinski definition) is 2. The van der Waals surface area contributed by atoms with Crippen molar-refractivity contribution in [2.45, 2.75) is 52.5 Å². The number of thiazole rings is 1. The van der Waals surface area contributed by atoms with Gasteiger partial charge in [0.1, 0.15) is 5.82 Å². The van der Waals surface area contributed by atoms with E-state index in [4.69, 9.17) is 10.7 Å². The fourth-order valence-corrected chi connectivity index (χ4v) is 4.53. The van der Waals surface area contributed by atoms with E-state index < -0.39 is 0 Å². The molecule has 3 N–H and O–H groups in total. The minimum absolute atomic E-state index is 0.841. The first kappa shape index (κ1) is 22.2. The molecule has 1 aliphatic rings. The molecule has 5 nitrogen and oxygen atoms in total. The molecule has 1 saturated heterocycles. The Labute approximate surface area is 184 Å². The Balaban J connectivity index is 1.66. The quantitative estimate of drug-likeness (QED) is 0.510. The summed E-state index contributed by atoms with van der Waals surface area (Å²) in [5.41, 5.74) is 9.02. The summed E-state index contributed by atoms with van der Waals surface area (Å²) in [7, 11) is 0. The number of hydrogen-bond acceptors (Lipinski definition) is 6. The van der Waals surface area contributed by atoms with Crippen LogP contribution in [0.4, 0.5) is 10.9 Å². The molecule has 6 heteroatoms. The van der Waals surface area contributed by atoms with Gasteiger partial charge in [0, 0.05) is 17.6 Å². The van der Waals surface area contributed by atoms with Gasteiger partial charge in [0.2, 0.25) is 0 Å². The van der Waals surface area contributed by atoms with E-state index in [0.29, 0.717) is 0 Å². The molecule has 2 aromatic heterocycles. The zero-order valence-electron chi connectivity index (χ0n) is 18.1. The van der Waals surface area contributed by atoms with E-state index >= 15 is 0 Å². The molecule has 30 heavy (non-hydrogen) atoms. The van der Waals surface area contributed by atoms with Crippen molar-refractivity contribution in [3.05, 3.63) is 64.5 Å². The van der Waals surface area contributed by atoms with Crippen LogP contribution in [0.3, 0.4) is 0 Å². The van der Waals surface area contributed by atoms with Gasteiger partial charge in [-0.1, -0.05) is 25.5 Å². The number of pyridine rings is 1. The van der Waals surface area contributed by atoms with E-state index in [9.17, 15) is 0 Å². The first-order valence-electron chi connectivity index (χ1n) is 10.9. The van der Waals surface area contributed by atoms with Crippen molar-refractivity contribution in [1.82, 2.24) is 14.9 Å². The maximum atomic E-state index is 5.50. The number of allylic oxidation sites excluding steroid dienone is 4. The SMILES string of the molecule is C/C=C(\C=C/N)C/C=C\c1nc(Nc2cc(CN3CCCCC3)ccn2)sc1CC. The smallest absolute Gasteiger partial charge is 0.189 e. The molecule has 1 aliphatic heterocycles. The molecule has 0 saturated carbocycles. The van der Waals surface area contributed by atoms with Crippen LogP contribution in [0, 0.1) is 0 Å². The van der Waals surface area contributed by atoms with E-state index in [1.807, 2.05) is 19.2 Å². The minimum Gasteiger partial charge on any atom is -0.405 e. The molecular formula is C24H33N5S. The van der Waals surface area contributed by atoms with Gasteiger partial charge in [0.25, 0.3) is 0 Å². The summed E-state index contributed by atoms with van der Waals surface area (Å²) in [6.45, 7) is 7.58. The van der Waals surface area contributed by atoms with Gasteiger partial charge in [0.15, 0.2) is 5.13 Å². The summed E-state index contributed by atoms with van der Waals surface area (Å²) < 4.78 is 0. The third-order valence-electron chi connectivity index (χ3n) is 5.27. The molecule has 160 valence electrons. The van der Waals surface area contributed by atoms with Gasteiger partial charge in [-0.05, 0) is 87.3 Å². The van der Waals surface area contributed by atoms with Crippen LogP contribution < -0.4 is 11.1 Å². The topological polar surface area (TPSA) is 67.1 Å². The van der Waals surface area contributed by atoms with E-state index in [1.165, 1.54) is 48.4 Å². The van der Waals surface area contributed by atoms with Gasteiger partial charge >= 0.3 is 0 Å². The largest absolute Gasteiger partial charge is 0.405 e. The maximum Gasteiger partial charge on any atom is 0.189 e. The summed E-state index contributed by atoms with van der Waals surface area (Å²) in [5.74, 6) is 0.862. The fraction of sp³-hybridized carbons (Fsp3) is 0.417. The van der Waals surface area contributed by atoms with Crippen LogP contribution in [-0.2, 0) is 13.0 Å². The Morgan fingerprint density at radius 3 is 2.87 bits per heavy atom. The zero-order chi connectivity index (χ0) is 21.2. The van der Waals surface area contributed by atoms with Crippen LogP contribution in [0.15, 0.2) is 48.3 Å². The lowest BCUT2D eigenvalue weighted by atomic mass is 10.1. The number of aryl methyl sites for hydroxylation is 1. The molecule has 0 aromatic carbocycles. The van der Waals surface area contributed by atoms with Crippen LogP contribution in [0.1, 0.15) is 55.7 Å². The van der Waals surface area contributed by atoms with Crippen molar-refractivity contribution in [3.8, 4) is 0 Å². The van der Waals surface area contributed by atoms with Gasteiger partial charge in [-0.15, -0.1) is 11.3 Å². The van der Waals surface area contributed by atoms with Crippen LogP contribution >= 0.6 is 11.3 Å². The number of rotatable bonds is 9. The van der Waals surface area contributed by atoms with E-state index in [2.05, 4.69) is 52.5 Å². The summed E-state index contributed by atoms with van der Waals surface area (Å²) >= 11 is 1.70. The monoisotopic (exact) mass is 423 g/mol. The maximum absolute atomic E-state index is 5.50. The lowest BCUT2D eigenvalue weighted by molar-refractivity contribution is 0.221. The number of nitrogens with zero attached hydrogens (tertiary/aromatic N) is 3. The predicted octanol–water partition coefficient (Wildman–Crippen LogP) is 5.65. The van der Waals surface area contributed by atoms with Gasteiger partial charge < -0.3 is 11.1 Å². The van der Waals surface area contributed by atoms with E-state index in [0.717, 1.165) is 36.0 Å². The first-order chi connectivity index (χ1) is 14.7. The Morgan fingerprint density at radius 1 is 1.30 bits per heavy atom. The van der Waals surface area contributed by atoms with E-state index in [1.54, 1.807) is 17.5 Å². The molecule has 3 heterocycles. The summed E-state index contributed by atoms with van der Waals surface area (Å²) in [5, 5.41) is 4.30. The average molecular weight is 424 g/mol. The highest BCUT2D eigenvalue weighted by atomic mass is 32.1. The molecule has 0 spiro atoms. The third kappa shape index (κ3) is 6.54. The standard InChI is InChI=1S/C24H33N5S/c1-3-19(11-13-25)9-8-10-21-22(4-2)30-24(27-21)28-23-17-20(12-14-26-23)18-29-15-6-5-7-16-29/h3,8,10-14,17H,4-7,9,15-16,18,25H2,1-2H3,(H,26,27,28)/b10-8-,13-11-,19-3-. The first-order valence-corrected chi connectivity index (χ1v) is 11.7. The van der Waals surface area contributed by atoms with Crippen LogP contribution in [0.25, 0.3) is 6.08 Å². The van der Waals surface area contributed by atoms with Crippen molar-refractivity contribution in [1.29, 1.82) is 0 Å². The Hall–Kier alpha value is -2.44. The molecule has 0 amide bonds. The van der Waals surface area contributed by atoms with Crippen molar-refractivity contribution in [2.24, 2.45) is 5.73 Å². The second-order valence-electron chi connectivity index (χ2n) is 7.52. The molecule has 0 radical (unpaired) electrons. The van der Waals surface area contributed by atoms with Gasteiger partial charge in [-0.2, -0.15) is 0 Å². The Morgan fingerprint density at radius 2 is 2.13 bits per heavy atom. The number of nitrogens with one attached hydrogen (secondary N) is 1. The highest BCUT2D eigenvalue weighted by molar-refractivity contribution is 7.15. The van der Waals surface area contributed by atoms with Crippen LogP contribution in [0.2, 0.25) is 0 Å². The number of anilines is 2. The third-order valence-corrected chi connectivity index (χ3v) is 6.40. The summed E-state index contributed by atoms with van der Waals surface area (Å²) in [4.78, 5) is 13.1.